The number of nitro groups is 1. The number of carbonyl (C=O) groups excluding carboxylic acids is 3. The van der Waals surface area contributed by atoms with Gasteiger partial charge in [0.2, 0.25) is 5.91 Å². The number of ether oxygens (including phenoxy) is 1. The van der Waals surface area contributed by atoms with Gasteiger partial charge in [-0.15, -0.1) is 0 Å². The summed E-state index contributed by atoms with van der Waals surface area (Å²) in [7, 11) is 1.31. The summed E-state index contributed by atoms with van der Waals surface area (Å²) in [5.41, 5.74) is -0.616. The predicted molar refractivity (Wildman–Crippen MR) is 107 cm³/mol. The average Bonchev–Trinajstić information content (AvgIpc) is 2.99. The van der Waals surface area contributed by atoms with Crippen molar-refractivity contribution in [1.82, 2.24) is 10.2 Å². The van der Waals surface area contributed by atoms with E-state index in [1.807, 2.05) is 0 Å². The number of nitro benzene ring substituents is 1. The van der Waals surface area contributed by atoms with Crippen LogP contribution >= 0.6 is 0 Å². The van der Waals surface area contributed by atoms with Gasteiger partial charge in [0.05, 0.1) is 23.8 Å². The quantitative estimate of drug-likeness (QED) is 0.408. The van der Waals surface area contributed by atoms with E-state index in [4.69, 9.17) is 4.74 Å². The lowest BCUT2D eigenvalue weighted by molar-refractivity contribution is -0.384. The number of nitrogens with one attached hydrogen (secondary N) is 2. The summed E-state index contributed by atoms with van der Waals surface area (Å²) in [6.45, 7) is 1.26. The maximum atomic E-state index is 13.1. The molecule has 0 aliphatic carbocycles. The average molecular weight is 412 g/mol. The van der Waals surface area contributed by atoms with E-state index in [1.54, 1.807) is 37.3 Å². The summed E-state index contributed by atoms with van der Waals surface area (Å²) in [5, 5.41) is 16.1. The van der Waals surface area contributed by atoms with Crippen molar-refractivity contribution in [3.63, 3.8) is 0 Å². The zero-order valence-electron chi connectivity index (χ0n) is 16.4. The Bertz CT molecular complexity index is 1010. The lowest BCUT2D eigenvalue weighted by Gasteiger charge is -2.25. The van der Waals surface area contributed by atoms with Crippen LogP contribution in [0.4, 0.5) is 16.2 Å². The summed E-state index contributed by atoms with van der Waals surface area (Å²) in [6.07, 6.45) is 0.315. The minimum absolute atomic E-state index is 0.0851. The Kier molecular flexibility index (Phi) is 5.67. The molecule has 1 atom stereocenters. The summed E-state index contributed by atoms with van der Waals surface area (Å²) in [4.78, 5) is 49.2. The first-order valence-corrected chi connectivity index (χ1v) is 9.14. The van der Waals surface area contributed by atoms with Crippen molar-refractivity contribution in [2.45, 2.75) is 18.9 Å². The summed E-state index contributed by atoms with van der Waals surface area (Å²) >= 11 is 0. The third-order valence-corrected chi connectivity index (χ3v) is 4.94. The number of imide groups is 1. The van der Waals surface area contributed by atoms with Gasteiger partial charge in [0.25, 0.3) is 11.6 Å². The molecule has 2 N–H and O–H groups in total. The van der Waals surface area contributed by atoms with Gasteiger partial charge < -0.3 is 15.4 Å². The fourth-order valence-corrected chi connectivity index (χ4v) is 3.36. The second-order valence-electron chi connectivity index (χ2n) is 6.64. The first-order valence-electron chi connectivity index (χ1n) is 9.14. The van der Waals surface area contributed by atoms with Crippen molar-refractivity contribution < 1.29 is 24.0 Å². The van der Waals surface area contributed by atoms with Crippen LogP contribution in [0.5, 0.6) is 5.75 Å². The molecule has 0 bridgehead atoms. The molecule has 1 heterocycles. The second-order valence-corrected chi connectivity index (χ2v) is 6.64. The van der Waals surface area contributed by atoms with E-state index >= 15 is 0 Å². The zero-order chi connectivity index (χ0) is 21.9. The number of hydrogen-bond acceptors (Lipinski definition) is 6. The Labute approximate surface area is 172 Å². The predicted octanol–water partition coefficient (Wildman–Crippen LogP) is 2.40. The van der Waals surface area contributed by atoms with Crippen LogP contribution in [0.1, 0.15) is 18.9 Å². The van der Waals surface area contributed by atoms with Crippen molar-refractivity contribution in [3.05, 3.63) is 64.2 Å². The molecule has 4 amide bonds. The third kappa shape index (κ3) is 3.66. The molecule has 0 radical (unpaired) electrons. The molecule has 1 aliphatic heterocycles. The highest BCUT2D eigenvalue weighted by atomic mass is 16.6. The van der Waals surface area contributed by atoms with Gasteiger partial charge in [-0.05, 0) is 18.1 Å². The minimum atomic E-state index is -1.23. The first-order chi connectivity index (χ1) is 14.3. The fraction of sp³-hybridized carbons (Fsp3) is 0.250. The van der Waals surface area contributed by atoms with E-state index in [-0.39, 0.29) is 17.1 Å². The number of nitrogens with zero attached hydrogens (tertiary/aromatic N) is 2. The van der Waals surface area contributed by atoms with Crippen LogP contribution in [0.15, 0.2) is 48.5 Å². The fourth-order valence-electron chi connectivity index (χ4n) is 3.36. The molecule has 0 aromatic heterocycles. The number of benzene rings is 2. The molecule has 0 saturated carbocycles. The van der Waals surface area contributed by atoms with Crippen molar-refractivity contribution in [1.29, 1.82) is 0 Å². The van der Waals surface area contributed by atoms with Gasteiger partial charge in [-0.3, -0.25) is 24.6 Å². The smallest absolute Gasteiger partial charge is 0.325 e. The van der Waals surface area contributed by atoms with E-state index in [9.17, 15) is 24.5 Å². The van der Waals surface area contributed by atoms with Gasteiger partial charge in [-0.1, -0.05) is 37.3 Å². The van der Waals surface area contributed by atoms with Gasteiger partial charge in [0, 0.05) is 6.07 Å². The molecular formula is C20H20N4O6. The van der Waals surface area contributed by atoms with Gasteiger partial charge >= 0.3 is 6.03 Å². The molecule has 1 saturated heterocycles. The molecule has 0 spiro atoms. The van der Waals surface area contributed by atoms with E-state index < -0.39 is 34.9 Å². The molecule has 2 aromatic rings. The highest BCUT2D eigenvalue weighted by Gasteiger charge is 2.51. The molecule has 1 aliphatic rings. The number of urea groups is 1. The molecule has 3 rings (SSSR count). The number of rotatable bonds is 7. The summed E-state index contributed by atoms with van der Waals surface area (Å²) in [5.74, 6) is -1.08. The Morgan fingerprint density at radius 1 is 1.23 bits per heavy atom. The van der Waals surface area contributed by atoms with Crippen LogP contribution in [0.25, 0.3) is 0 Å². The summed E-state index contributed by atoms with van der Waals surface area (Å²) < 4.78 is 5.08. The Morgan fingerprint density at radius 2 is 1.93 bits per heavy atom. The summed E-state index contributed by atoms with van der Waals surface area (Å²) in [6, 6.07) is 11.9. The molecule has 30 heavy (non-hydrogen) atoms. The molecule has 1 unspecified atom stereocenters. The first kappa shape index (κ1) is 20.8. The molecule has 156 valence electrons. The van der Waals surface area contributed by atoms with Gasteiger partial charge in [-0.25, -0.2) is 4.79 Å². The van der Waals surface area contributed by atoms with E-state index in [0.29, 0.717) is 12.0 Å². The molecule has 1 fully saturated rings. The molecule has 10 heteroatoms. The Hall–Kier alpha value is -3.95. The minimum Gasteiger partial charge on any atom is -0.494 e. The number of carbonyl (C=O) groups is 3. The van der Waals surface area contributed by atoms with Crippen molar-refractivity contribution in [3.8, 4) is 5.75 Å². The van der Waals surface area contributed by atoms with Crippen LogP contribution < -0.4 is 15.4 Å². The third-order valence-electron chi connectivity index (χ3n) is 4.94. The normalized spacial score (nSPS) is 18.1. The highest BCUT2D eigenvalue weighted by Crippen LogP contribution is 2.33. The maximum absolute atomic E-state index is 13.1. The highest BCUT2D eigenvalue weighted by molar-refractivity contribution is 6.10. The van der Waals surface area contributed by atoms with Gasteiger partial charge in [-0.2, -0.15) is 0 Å². The van der Waals surface area contributed by atoms with Crippen molar-refractivity contribution in [2.75, 3.05) is 19.0 Å². The topological polar surface area (TPSA) is 131 Å². The van der Waals surface area contributed by atoms with Crippen LogP contribution in [0.2, 0.25) is 0 Å². The lowest BCUT2D eigenvalue weighted by Crippen LogP contribution is -2.44. The van der Waals surface area contributed by atoms with Crippen LogP contribution in [0.3, 0.4) is 0 Å². The van der Waals surface area contributed by atoms with Crippen LogP contribution in [-0.2, 0) is 15.1 Å². The standard InChI is InChI=1S/C20H20N4O6/c1-3-20(13-7-5-4-6-8-13)18(26)23(19(27)22-20)12-17(25)21-15-10-9-14(24(28)29)11-16(15)30-2/h4-11H,3,12H2,1-2H3,(H,21,25)(H,22,27). The molecule has 2 aromatic carbocycles. The van der Waals surface area contributed by atoms with Gasteiger partial charge in [0.15, 0.2) is 0 Å². The lowest BCUT2D eigenvalue weighted by atomic mass is 9.87. The van der Waals surface area contributed by atoms with E-state index in [1.165, 1.54) is 25.3 Å². The zero-order valence-corrected chi connectivity index (χ0v) is 16.4. The largest absolute Gasteiger partial charge is 0.494 e. The number of hydrogen-bond donors (Lipinski definition) is 2. The number of non-ortho nitro benzene ring substituents is 1. The van der Waals surface area contributed by atoms with E-state index in [0.717, 1.165) is 4.90 Å². The van der Waals surface area contributed by atoms with Crippen LogP contribution in [-0.4, -0.2) is 41.3 Å². The number of methoxy groups -OCH3 is 1. The van der Waals surface area contributed by atoms with Gasteiger partial charge in [0.1, 0.15) is 17.8 Å². The van der Waals surface area contributed by atoms with Crippen molar-refractivity contribution >= 4 is 29.2 Å². The Balaban J connectivity index is 1.78. The number of amides is 4. The molecular weight excluding hydrogens is 392 g/mol. The van der Waals surface area contributed by atoms with Crippen molar-refractivity contribution in [2.24, 2.45) is 0 Å². The SMILES string of the molecule is CCC1(c2ccccc2)NC(=O)N(CC(=O)Nc2ccc([N+](=O)[O-])cc2OC)C1=O. The maximum Gasteiger partial charge on any atom is 0.325 e. The second kappa shape index (κ2) is 8.19. The van der Waals surface area contributed by atoms with Crippen LogP contribution in [0, 0.1) is 10.1 Å². The number of anilines is 1. The van der Waals surface area contributed by atoms with E-state index in [2.05, 4.69) is 10.6 Å². The monoisotopic (exact) mass is 412 g/mol. The Morgan fingerprint density at radius 3 is 2.53 bits per heavy atom. The molecule has 10 nitrogen and oxygen atoms in total.